The Morgan fingerprint density at radius 2 is 1.83 bits per heavy atom. The van der Waals surface area contributed by atoms with Crippen LogP contribution in [-0.2, 0) is 13.6 Å². The number of H-pyrrole nitrogens is 1. The lowest BCUT2D eigenvalue weighted by atomic mass is 9.98. The highest BCUT2D eigenvalue weighted by atomic mass is 31.2. The standard InChI is InChI=1S/C24H24N5O5P/c1-3-34-35(32,33-2)19-12-10-18(11-13-19)21(17-8-5-4-6-9-17)27-22(30)20-16-25-24(28-23(20)31)29-15-7-14-26-29/h4-16,21H,3H2,1-2H3,(H,27,30)(H,25,28,31). The van der Waals surface area contributed by atoms with Crippen LogP contribution in [0.3, 0.4) is 0 Å². The minimum atomic E-state index is -3.43. The predicted molar refractivity (Wildman–Crippen MR) is 130 cm³/mol. The van der Waals surface area contributed by atoms with Crippen molar-refractivity contribution in [3.05, 3.63) is 106 Å². The quantitative estimate of drug-likeness (QED) is 0.343. The number of rotatable bonds is 9. The highest BCUT2D eigenvalue weighted by molar-refractivity contribution is 7.62. The summed E-state index contributed by atoms with van der Waals surface area (Å²) < 4.78 is 24.7. The van der Waals surface area contributed by atoms with Gasteiger partial charge < -0.3 is 14.4 Å². The molecule has 11 heteroatoms. The van der Waals surface area contributed by atoms with E-state index in [0.29, 0.717) is 10.9 Å². The molecular formula is C24H24N5O5P. The van der Waals surface area contributed by atoms with Gasteiger partial charge in [-0.25, -0.2) is 9.67 Å². The lowest BCUT2D eigenvalue weighted by molar-refractivity contribution is 0.0941. The maximum absolute atomic E-state index is 13.1. The lowest BCUT2D eigenvalue weighted by Crippen LogP contribution is -2.34. The average Bonchev–Trinajstić information content (AvgIpc) is 3.43. The molecule has 2 N–H and O–H groups in total. The van der Waals surface area contributed by atoms with Gasteiger partial charge in [-0.2, -0.15) is 5.10 Å². The van der Waals surface area contributed by atoms with Crippen LogP contribution >= 0.6 is 7.60 Å². The number of amides is 1. The third kappa shape index (κ3) is 5.30. The van der Waals surface area contributed by atoms with Crippen LogP contribution in [0.5, 0.6) is 0 Å². The topological polar surface area (TPSA) is 128 Å². The molecule has 2 aromatic carbocycles. The summed E-state index contributed by atoms with van der Waals surface area (Å²) in [5.41, 5.74) is 0.775. The number of aromatic amines is 1. The van der Waals surface area contributed by atoms with Gasteiger partial charge in [0.05, 0.1) is 18.0 Å². The van der Waals surface area contributed by atoms with Gasteiger partial charge in [-0.05, 0) is 36.2 Å². The first-order valence-electron chi connectivity index (χ1n) is 10.8. The van der Waals surface area contributed by atoms with Crippen LogP contribution in [0.2, 0.25) is 0 Å². The van der Waals surface area contributed by atoms with E-state index in [4.69, 9.17) is 9.05 Å². The zero-order chi connectivity index (χ0) is 24.8. The zero-order valence-corrected chi connectivity index (χ0v) is 20.0. The molecular weight excluding hydrogens is 469 g/mol. The van der Waals surface area contributed by atoms with Crippen LogP contribution in [-0.4, -0.2) is 39.4 Å². The van der Waals surface area contributed by atoms with E-state index in [9.17, 15) is 14.2 Å². The van der Waals surface area contributed by atoms with Gasteiger partial charge in [-0.3, -0.25) is 19.1 Å². The monoisotopic (exact) mass is 493 g/mol. The molecule has 0 bridgehead atoms. The Balaban J connectivity index is 1.64. The summed E-state index contributed by atoms with van der Waals surface area (Å²) in [6.07, 6.45) is 4.39. The van der Waals surface area contributed by atoms with E-state index in [2.05, 4.69) is 20.4 Å². The van der Waals surface area contributed by atoms with Crippen LogP contribution < -0.4 is 16.2 Å². The molecule has 2 atom stereocenters. The number of nitrogens with zero attached hydrogens (tertiary/aromatic N) is 3. The molecule has 2 aromatic heterocycles. The largest absolute Gasteiger partial charge is 0.361 e. The minimum absolute atomic E-state index is 0.140. The first-order chi connectivity index (χ1) is 16.9. The van der Waals surface area contributed by atoms with Gasteiger partial charge >= 0.3 is 7.60 Å². The SMILES string of the molecule is CCOP(=O)(OC)c1ccc(C(NC(=O)c2cnc(-n3cccn3)[nH]c2=O)c2ccccc2)cc1. The van der Waals surface area contributed by atoms with Crippen molar-refractivity contribution in [2.75, 3.05) is 13.7 Å². The molecule has 0 radical (unpaired) electrons. The number of benzene rings is 2. The maximum atomic E-state index is 13.1. The number of carbonyl (C=O) groups is 1. The summed E-state index contributed by atoms with van der Waals surface area (Å²) in [6, 6.07) is 17.2. The van der Waals surface area contributed by atoms with E-state index in [0.717, 1.165) is 5.56 Å². The van der Waals surface area contributed by atoms with Crippen molar-refractivity contribution in [2.45, 2.75) is 13.0 Å². The first kappa shape index (κ1) is 24.3. The minimum Gasteiger partial charge on any atom is -0.341 e. The number of aromatic nitrogens is 4. The van der Waals surface area contributed by atoms with Crippen LogP contribution in [0.1, 0.15) is 34.5 Å². The van der Waals surface area contributed by atoms with Crippen molar-refractivity contribution in [1.29, 1.82) is 0 Å². The highest BCUT2D eigenvalue weighted by Crippen LogP contribution is 2.46. The Morgan fingerprint density at radius 3 is 2.43 bits per heavy atom. The van der Waals surface area contributed by atoms with Crippen molar-refractivity contribution in [3.8, 4) is 5.95 Å². The predicted octanol–water partition coefficient (Wildman–Crippen LogP) is 2.98. The molecule has 0 saturated heterocycles. The smallest absolute Gasteiger partial charge is 0.341 e. The number of carbonyl (C=O) groups excluding carboxylic acids is 1. The van der Waals surface area contributed by atoms with Crippen molar-refractivity contribution in [2.24, 2.45) is 0 Å². The molecule has 0 spiro atoms. The van der Waals surface area contributed by atoms with E-state index < -0.39 is 25.1 Å². The van der Waals surface area contributed by atoms with E-state index in [1.807, 2.05) is 30.3 Å². The fraction of sp³-hybridized carbons (Fsp3) is 0.167. The first-order valence-corrected chi connectivity index (χ1v) is 12.4. The Bertz CT molecular complexity index is 1390. The summed E-state index contributed by atoms with van der Waals surface area (Å²) in [4.78, 5) is 32.4. The molecule has 4 rings (SSSR count). The van der Waals surface area contributed by atoms with Gasteiger partial charge in [0.2, 0.25) is 5.95 Å². The number of nitrogens with one attached hydrogen (secondary N) is 2. The van der Waals surface area contributed by atoms with E-state index in [1.165, 1.54) is 18.0 Å². The van der Waals surface area contributed by atoms with Crippen LogP contribution in [0.25, 0.3) is 5.95 Å². The van der Waals surface area contributed by atoms with Gasteiger partial charge in [-0.15, -0.1) is 0 Å². The summed E-state index contributed by atoms with van der Waals surface area (Å²) >= 11 is 0. The molecule has 35 heavy (non-hydrogen) atoms. The zero-order valence-electron chi connectivity index (χ0n) is 19.1. The molecule has 0 aliphatic carbocycles. The molecule has 2 unspecified atom stereocenters. The Morgan fingerprint density at radius 1 is 1.11 bits per heavy atom. The molecule has 1 amide bonds. The molecule has 0 saturated carbocycles. The van der Waals surface area contributed by atoms with Crippen LogP contribution in [0.4, 0.5) is 0 Å². The molecule has 180 valence electrons. The second-order valence-electron chi connectivity index (χ2n) is 7.41. The summed E-state index contributed by atoms with van der Waals surface area (Å²) in [7, 11) is -2.10. The molecule has 4 aromatic rings. The van der Waals surface area contributed by atoms with Crippen LogP contribution in [0, 0.1) is 0 Å². The summed E-state index contributed by atoms with van der Waals surface area (Å²) in [6.45, 7) is 1.97. The molecule has 0 fully saturated rings. The van der Waals surface area contributed by atoms with E-state index in [-0.39, 0.29) is 18.1 Å². The van der Waals surface area contributed by atoms with Crippen molar-refractivity contribution in [3.63, 3.8) is 0 Å². The van der Waals surface area contributed by atoms with Crippen molar-refractivity contribution < 1.29 is 18.4 Å². The van der Waals surface area contributed by atoms with Gasteiger partial charge in [-0.1, -0.05) is 42.5 Å². The van der Waals surface area contributed by atoms with Gasteiger partial charge in [0.15, 0.2) is 0 Å². The maximum Gasteiger partial charge on any atom is 0.361 e. The van der Waals surface area contributed by atoms with Gasteiger partial charge in [0, 0.05) is 25.7 Å². The number of hydrogen-bond acceptors (Lipinski definition) is 7. The molecule has 0 aliphatic heterocycles. The van der Waals surface area contributed by atoms with E-state index >= 15 is 0 Å². The summed E-state index contributed by atoms with van der Waals surface area (Å²) in [5, 5.41) is 7.32. The van der Waals surface area contributed by atoms with Gasteiger partial charge in [0.25, 0.3) is 11.5 Å². The van der Waals surface area contributed by atoms with Crippen molar-refractivity contribution >= 4 is 18.8 Å². The third-order valence-electron chi connectivity index (χ3n) is 5.24. The second-order valence-corrected chi connectivity index (χ2v) is 9.54. The average molecular weight is 493 g/mol. The van der Waals surface area contributed by atoms with Crippen LogP contribution in [0.15, 0.2) is 84.0 Å². The van der Waals surface area contributed by atoms with Crippen molar-refractivity contribution in [1.82, 2.24) is 25.1 Å². The number of hydrogen-bond donors (Lipinski definition) is 2. The second kappa shape index (κ2) is 10.6. The van der Waals surface area contributed by atoms with E-state index in [1.54, 1.807) is 49.6 Å². The molecule has 2 heterocycles. The highest BCUT2D eigenvalue weighted by Gasteiger charge is 2.26. The van der Waals surface area contributed by atoms with Gasteiger partial charge in [0.1, 0.15) is 5.56 Å². The summed E-state index contributed by atoms with van der Waals surface area (Å²) in [5.74, 6) is -0.399. The lowest BCUT2D eigenvalue weighted by Gasteiger charge is -2.21. The Kier molecular flexibility index (Phi) is 7.36. The molecule has 10 nitrogen and oxygen atoms in total. The molecule has 0 aliphatic rings. The Labute approximate surface area is 201 Å². The fourth-order valence-electron chi connectivity index (χ4n) is 3.52. The normalized spacial score (nSPS) is 13.7. The Hall–Kier alpha value is -3.85. The third-order valence-corrected chi connectivity index (χ3v) is 7.25. The fourth-order valence-corrected chi connectivity index (χ4v) is 4.84.